The Balaban J connectivity index is 1.88. The fourth-order valence-electron chi connectivity index (χ4n) is 4.42. The Morgan fingerprint density at radius 3 is 2.50 bits per heavy atom. The fraction of sp³-hybridized carbons (Fsp3) is 0.474. The highest BCUT2D eigenvalue weighted by atomic mass is 32.1. The van der Waals surface area contributed by atoms with Crippen LogP contribution in [0.1, 0.15) is 56.0 Å². The zero-order valence-electron chi connectivity index (χ0n) is 14.3. The molecule has 3 aromatic rings. The van der Waals surface area contributed by atoms with Gasteiger partial charge in [-0.05, 0) is 68.1 Å². The number of benzene rings is 1. The van der Waals surface area contributed by atoms with E-state index >= 15 is 0 Å². The van der Waals surface area contributed by atoms with Gasteiger partial charge in [0.25, 0.3) is 5.56 Å². The lowest BCUT2D eigenvalue weighted by molar-refractivity contribution is 0.388. The molecule has 7 heteroatoms. The second-order valence-electron chi connectivity index (χ2n) is 7.61. The number of fused-ring (bicyclic) bond motifs is 2. The van der Waals surface area contributed by atoms with Crippen molar-refractivity contribution in [2.75, 3.05) is 0 Å². The average molecular weight is 373 g/mol. The lowest BCUT2D eigenvalue weighted by Gasteiger charge is -2.27. The zero-order valence-corrected chi connectivity index (χ0v) is 15.1. The van der Waals surface area contributed by atoms with Crippen LogP contribution in [0, 0.1) is 5.82 Å². The number of nitrogens with one attached hydrogen (secondary N) is 1. The summed E-state index contributed by atoms with van der Waals surface area (Å²) in [5, 5.41) is 0.572. The molecule has 2 aliphatic rings. The molecule has 5 nitrogen and oxygen atoms in total. The van der Waals surface area contributed by atoms with E-state index in [-0.39, 0.29) is 40.2 Å². The first-order valence-electron chi connectivity index (χ1n) is 9.19. The van der Waals surface area contributed by atoms with Crippen LogP contribution in [0.15, 0.2) is 21.7 Å². The number of hydrogen-bond acceptors (Lipinski definition) is 4. The molecule has 2 heterocycles. The Morgan fingerprint density at radius 2 is 1.81 bits per heavy atom. The Kier molecular flexibility index (Phi) is 3.59. The molecule has 0 saturated heterocycles. The minimum Gasteiger partial charge on any atom is -0.328 e. The van der Waals surface area contributed by atoms with Crippen molar-refractivity contribution in [2.45, 2.75) is 56.5 Å². The van der Waals surface area contributed by atoms with Crippen molar-refractivity contribution >= 4 is 32.7 Å². The van der Waals surface area contributed by atoms with Crippen LogP contribution < -0.4 is 16.7 Å². The van der Waals surface area contributed by atoms with E-state index in [1.807, 2.05) is 0 Å². The number of H-pyrrole nitrogens is 1. The van der Waals surface area contributed by atoms with Crippen LogP contribution in [0.4, 0.5) is 4.39 Å². The van der Waals surface area contributed by atoms with Crippen molar-refractivity contribution in [1.82, 2.24) is 8.94 Å². The molecule has 1 aromatic carbocycles. The normalized spacial score (nSPS) is 23.8. The van der Waals surface area contributed by atoms with Crippen LogP contribution in [0.5, 0.6) is 0 Å². The average Bonchev–Trinajstić information content (AvgIpc) is 3.39. The summed E-state index contributed by atoms with van der Waals surface area (Å²) in [6.07, 6.45) is 5.25. The van der Waals surface area contributed by atoms with Gasteiger partial charge in [0.2, 0.25) is 5.43 Å². The maximum atomic E-state index is 14.9. The SMILES string of the molecule is NC1CCC(c2c(F)ccc3c2c(=O)c2c(=O)[nH]sc2n3C2CC2)CC1. The van der Waals surface area contributed by atoms with Gasteiger partial charge in [0, 0.05) is 17.6 Å². The predicted molar refractivity (Wildman–Crippen MR) is 102 cm³/mol. The lowest BCUT2D eigenvalue weighted by atomic mass is 9.80. The van der Waals surface area contributed by atoms with Crippen molar-refractivity contribution in [2.24, 2.45) is 5.73 Å². The van der Waals surface area contributed by atoms with Crippen molar-refractivity contribution in [1.29, 1.82) is 0 Å². The van der Waals surface area contributed by atoms with Gasteiger partial charge >= 0.3 is 0 Å². The minimum atomic E-state index is -0.368. The van der Waals surface area contributed by atoms with Gasteiger partial charge in [-0.3, -0.25) is 14.0 Å². The highest BCUT2D eigenvalue weighted by Crippen LogP contribution is 2.42. The van der Waals surface area contributed by atoms with Crippen molar-refractivity contribution < 1.29 is 4.39 Å². The van der Waals surface area contributed by atoms with E-state index in [0.29, 0.717) is 15.8 Å². The van der Waals surface area contributed by atoms with Crippen LogP contribution >= 0.6 is 11.5 Å². The molecule has 0 unspecified atom stereocenters. The summed E-state index contributed by atoms with van der Waals surface area (Å²) in [5.74, 6) is -0.363. The van der Waals surface area contributed by atoms with E-state index in [0.717, 1.165) is 44.0 Å². The molecule has 2 aromatic heterocycles. The van der Waals surface area contributed by atoms with Gasteiger partial charge in [0.15, 0.2) is 0 Å². The maximum Gasteiger partial charge on any atom is 0.271 e. The number of halogens is 1. The van der Waals surface area contributed by atoms with Crippen LogP contribution in [0.25, 0.3) is 21.1 Å². The summed E-state index contributed by atoms with van der Waals surface area (Å²) in [5.41, 5.74) is 6.54. The zero-order chi connectivity index (χ0) is 18.0. The number of rotatable bonds is 2. The Bertz CT molecular complexity index is 1130. The van der Waals surface area contributed by atoms with Gasteiger partial charge < -0.3 is 10.3 Å². The van der Waals surface area contributed by atoms with E-state index in [1.165, 1.54) is 17.6 Å². The number of aromatic amines is 1. The molecule has 5 rings (SSSR count). The maximum absolute atomic E-state index is 14.9. The third-order valence-corrected chi connectivity index (χ3v) is 6.76. The number of hydrogen-bond donors (Lipinski definition) is 2. The van der Waals surface area contributed by atoms with Gasteiger partial charge in [-0.2, -0.15) is 0 Å². The molecule has 0 bridgehead atoms. The second kappa shape index (κ2) is 5.76. The third kappa shape index (κ3) is 2.30. The molecular formula is C19H20FN3O2S. The van der Waals surface area contributed by atoms with Gasteiger partial charge in [-0.1, -0.05) is 0 Å². The van der Waals surface area contributed by atoms with Crippen LogP contribution in [0.2, 0.25) is 0 Å². The first-order chi connectivity index (χ1) is 12.6. The van der Waals surface area contributed by atoms with E-state index in [2.05, 4.69) is 8.94 Å². The highest BCUT2D eigenvalue weighted by molar-refractivity contribution is 7.12. The largest absolute Gasteiger partial charge is 0.328 e. The van der Waals surface area contributed by atoms with E-state index in [1.54, 1.807) is 6.07 Å². The molecule has 0 spiro atoms. The Hall–Kier alpha value is -1.99. The first kappa shape index (κ1) is 16.2. The van der Waals surface area contributed by atoms with Gasteiger partial charge in [-0.15, -0.1) is 0 Å². The molecule has 0 atom stereocenters. The second-order valence-corrected chi connectivity index (χ2v) is 8.41. The summed E-state index contributed by atoms with van der Waals surface area (Å²) in [6.45, 7) is 0. The lowest BCUT2D eigenvalue weighted by Crippen LogP contribution is -2.27. The van der Waals surface area contributed by atoms with Crippen LogP contribution in [0.3, 0.4) is 0 Å². The molecule has 136 valence electrons. The van der Waals surface area contributed by atoms with Gasteiger partial charge in [0.05, 0.1) is 10.9 Å². The quantitative estimate of drug-likeness (QED) is 0.723. The van der Waals surface area contributed by atoms with E-state index < -0.39 is 0 Å². The molecule has 0 radical (unpaired) electrons. The molecular weight excluding hydrogens is 353 g/mol. The Labute approximate surface area is 152 Å². The van der Waals surface area contributed by atoms with Crippen molar-refractivity contribution in [3.63, 3.8) is 0 Å². The summed E-state index contributed by atoms with van der Waals surface area (Å²) in [7, 11) is 0. The van der Waals surface area contributed by atoms with E-state index in [4.69, 9.17) is 5.73 Å². The highest BCUT2D eigenvalue weighted by Gasteiger charge is 2.32. The van der Waals surface area contributed by atoms with Crippen molar-refractivity contribution in [3.05, 3.63) is 44.1 Å². The summed E-state index contributed by atoms with van der Waals surface area (Å²) in [6, 6.07) is 3.61. The molecule has 2 saturated carbocycles. The molecule has 2 fully saturated rings. The standard InChI is InChI=1S/C19H20FN3O2S/c20-12-7-8-13-15(14(12)9-1-3-10(21)4-2-9)17(24)16-18(25)22-26-19(16)23(13)11-5-6-11/h7-11H,1-6,21H2,(H,22,25). The number of pyridine rings is 1. The van der Waals surface area contributed by atoms with Gasteiger partial charge in [-0.25, -0.2) is 4.39 Å². The van der Waals surface area contributed by atoms with Gasteiger partial charge in [0.1, 0.15) is 16.0 Å². The predicted octanol–water partition coefficient (Wildman–Crippen LogP) is 3.36. The molecule has 2 aliphatic carbocycles. The number of nitrogens with zero attached hydrogens (tertiary/aromatic N) is 1. The minimum absolute atomic E-state index is 0.0194. The topological polar surface area (TPSA) is 80.9 Å². The van der Waals surface area contributed by atoms with Crippen molar-refractivity contribution in [3.8, 4) is 0 Å². The third-order valence-electron chi connectivity index (χ3n) is 5.88. The first-order valence-corrected chi connectivity index (χ1v) is 10.0. The molecule has 0 aliphatic heterocycles. The monoisotopic (exact) mass is 373 g/mol. The summed E-state index contributed by atoms with van der Waals surface area (Å²) >= 11 is 1.20. The van der Waals surface area contributed by atoms with Crippen LogP contribution in [-0.4, -0.2) is 15.0 Å². The number of aromatic nitrogens is 2. The summed E-state index contributed by atoms with van der Waals surface area (Å²) < 4.78 is 19.7. The molecule has 26 heavy (non-hydrogen) atoms. The Morgan fingerprint density at radius 1 is 1.08 bits per heavy atom. The van der Waals surface area contributed by atoms with E-state index in [9.17, 15) is 14.0 Å². The summed E-state index contributed by atoms with van der Waals surface area (Å²) in [4.78, 5) is 26.2. The fourth-order valence-corrected chi connectivity index (χ4v) is 5.35. The number of nitrogens with two attached hydrogens (primary N) is 1. The molecule has 0 amide bonds. The smallest absolute Gasteiger partial charge is 0.271 e. The molecule has 3 N–H and O–H groups in total. The van der Waals surface area contributed by atoms with Crippen LogP contribution in [-0.2, 0) is 0 Å².